The van der Waals surface area contributed by atoms with Crippen molar-refractivity contribution in [3.05, 3.63) is 44.6 Å². The Morgan fingerprint density at radius 3 is 1.69 bits per heavy atom. The maximum absolute atomic E-state index is 8.39. The fraction of sp³-hybridized carbons (Fsp3) is 0.400. The first-order chi connectivity index (χ1) is 7.47. The van der Waals surface area contributed by atoms with Gasteiger partial charge in [0.2, 0.25) is 0 Å². The van der Waals surface area contributed by atoms with Crippen LogP contribution in [0.25, 0.3) is 20.9 Å². The first-order valence-corrected chi connectivity index (χ1v) is 4.73. The lowest BCUT2D eigenvalue weighted by molar-refractivity contribution is 0.590. The van der Waals surface area contributed by atoms with E-state index in [1.54, 1.807) is 18.2 Å². The van der Waals surface area contributed by atoms with Gasteiger partial charge in [0.25, 0.3) is 0 Å². The van der Waals surface area contributed by atoms with Crippen LogP contribution >= 0.6 is 0 Å². The second-order valence-corrected chi connectivity index (χ2v) is 4.37. The first-order valence-electron chi connectivity index (χ1n) is 4.73. The molecule has 0 fully saturated rings. The number of hydrogen-bond donors (Lipinski definition) is 0. The van der Waals surface area contributed by atoms with Crippen LogP contribution in [0.1, 0.15) is 26.3 Å². The summed E-state index contributed by atoms with van der Waals surface area (Å²) in [6, 6.07) is 5.13. The molecule has 0 unspecified atom stereocenters. The second-order valence-electron chi connectivity index (χ2n) is 4.37. The third-order valence-corrected chi connectivity index (χ3v) is 2.09. The van der Waals surface area contributed by atoms with Crippen LogP contribution in [0.15, 0.2) is 28.4 Å². The van der Waals surface area contributed by atoms with Gasteiger partial charge in [0.15, 0.2) is 0 Å². The third-order valence-electron chi connectivity index (χ3n) is 2.09. The van der Waals surface area contributed by atoms with Gasteiger partial charge in [-0.15, -0.1) is 0 Å². The van der Waals surface area contributed by atoms with Crippen molar-refractivity contribution in [1.82, 2.24) is 0 Å². The fourth-order valence-corrected chi connectivity index (χ4v) is 1.25. The van der Waals surface area contributed by atoms with Crippen LogP contribution in [0.2, 0.25) is 0 Å². The third kappa shape index (κ3) is 2.92. The van der Waals surface area contributed by atoms with Crippen molar-refractivity contribution in [2.24, 2.45) is 10.2 Å². The number of azide groups is 2. The van der Waals surface area contributed by atoms with Crippen molar-refractivity contribution in [2.75, 3.05) is 0 Å². The van der Waals surface area contributed by atoms with E-state index in [1.807, 2.05) is 20.8 Å². The minimum Gasteiger partial charge on any atom is -0.0608 e. The van der Waals surface area contributed by atoms with E-state index in [4.69, 9.17) is 11.1 Å². The van der Waals surface area contributed by atoms with Crippen LogP contribution in [0, 0.1) is 0 Å². The van der Waals surface area contributed by atoms with Crippen LogP contribution in [0.3, 0.4) is 0 Å². The Morgan fingerprint density at radius 1 is 0.938 bits per heavy atom. The highest BCUT2D eigenvalue weighted by molar-refractivity contribution is 5.54. The van der Waals surface area contributed by atoms with Crippen LogP contribution in [-0.4, -0.2) is 0 Å². The average molecular weight is 216 g/mol. The van der Waals surface area contributed by atoms with Gasteiger partial charge < -0.3 is 0 Å². The molecule has 0 saturated heterocycles. The van der Waals surface area contributed by atoms with E-state index in [2.05, 4.69) is 20.1 Å². The Morgan fingerprint density at radius 2 is 1.38 bits per heavy atom. The van der Waals surface area contributed by atoms with Crippen LogP contribution < -0.4 is 0 Å². The monoisotopic (exact) mass is 216 g/mol. The second kappa shape index (κ2) is 4.57. The summed E-state index contributed by atoms with van der Waals surface area (Å²) < 4.78 is 0. The molecule has 6 nitrogen and oxygen atoms in total. The van der Waals surface area contributed by atoms with Gasteiger partial charge >= 0.3 is 0 Å². The van der Waals surface area contributed by atoms with Crippen LogP contribution in [0.5, 0.6) is 0 Å². The molecule has 0 spiro atoms. The fourth-order valence-electron chi connectivity index (χ4n) is 1.25. The molecular weight excluding hydrogens is 204 g/mol. The molecule has 0 amide bonds. The van der Waals surface area contributed by atoms with Crippen molar-refractivity contribution in [1.29, 1.82) is 0 Å². The molecule has 0 N–H and O–H groups in total. The molecule has 0 heterocycles. The molecule has 1 aromatic rings. The summed E-state index contributed by atoms with van der Waals surface area (Å²) in [6.45, 7) is 6.09. The molecule has 0 radical (unpaired) electrons. The quantitative estimate of drug-likeness (QED) is 0.383. The minimum atomic E-state index is -0.0965. The van der Waals surface area contributed by atoms with E-state index in [9.17, 15) is 0 Å². The minimum absolute atomic E-state index is 0.0965. The van der Waals surface area contributed by atoms with Crippen molar-refractivity contribution in [2.45, 2.75) is 26.2 Å². The molecule has 1 rings (SSSR count). The maximum atomic E-state index is 8.39. The van der Waals surface area contributed by atoms with Crippen molar-refractivity contribution >= 4 is 11.4 Å². The summed E-state index contributed by atoms with van der Waals surface area (Å²) in [5.41, 5.74) is 18.6. The zero-order valence-corrected chi connectivity index (χ0v) is 9.42. The highest BCUT2D eigenvalue weighted by Gasteiger charge is 2.14. The zero-order valence-electron chi connectivity index (χ0n) is 9.42. The summed E-state index contributed by atoms with van der Waals surface area (Å²) in [5.74, 6) is 0. The van der Waals surface area contributed by atoms with Crippen molar-refractivity contribution in [3.8, 4) is 0 Å². The van der Waals surface area contributed by atoms with Crippen LogP contribution in [-0.2, 0) is 5.41 Å². The molecule has 0 atom stereocenters. The molecule has 0 aliphatic carbocycles. The van der Waals surface area contributed by atoms with E-state index in [1.165, 1.54) is 0 Å². The maximum Gasteiger partial charge on any atom is 0.0382 e. The number of nitrogens with zero attached hydrogens (tertiary/aromatic N) is 6. The van der Waals surface area contributed by atoms with Crippen LogP contribution in [0.4, 0.5) is 11.4 Å². The molecular formula is C10H12N6. The standard InChI is InChI=1S/C10H12N6/c1-10(2,3)7-4-8(13-15-11)6-9(5-7)14-16-12/h4-6H,1-3H3. The Labute approximate surface area is 93.2 Å². The molecule has 0 aliphatic rings. The van der Waals surface area contributed by atoms with Gasteiger partial charge in [-0.05, 0) is 40.2 Å². The predicted octanol–water partition coefficient (Wildman–Crippen LogP) is 4.87. The normalized spacial score (nSPS) is 10.2. The highest BCUT2D eigenvalue weighted by atomic mass is 15.1. The predicted molar refractivity (Wildman–Crippen MR) is 62.8 cm³/mol. The van der Waals surface area contributed by atoms with Gasteiger partial charge in [-0.3, -0.25) is 0 Å². The Kier molecular flexibility index (Phi) is 3.40. The molecule has 0 aromatic heterocycles. The van der Waals surface area contributed by atoms with Gasteiger partial charge in [-0.2, -0.15) is 0 Å². The van der Waals surface area contributed by atoms with Gasteiger partial charge in [-0.1, -0.05) is 31.0 Å². The number of benzene rings is 1. The SMILES string of the molecule is CC(C)(C)c1cc(N=[N+]=[N-])cc(N=[N+]=[N-])c1. The van der Waals surface area contributed by atoms with Gasteiger partial charge in [0.05, 0.1) is 0 Å². The lowest BCUT2D eigenvalue weighted by Gasteiger charge is -2.19. The molecule has 0 aliphatic heterocycles. The lowest BCUT2D eigenvalue weighted by atomic mass is 9.86. The zero-order chi connectivity index (χ0) is 12.2. The average Bonchev–Trinajstić information content (AvgIpc) is 2.17. The molecule has 0 bridgehead atoms. The van der Waals surface area contributed by atoms with E-state index in [0.717, 1.165) is 5.56 Å². The molecule has 82 valence electrons. The summed E-state index contributed by atoms with van der Waals surface area (Å²) >= 11 is 0. The smallest absolute Gasteiger partial charge is 0.0382 e. The first kappa shape index (κ1) is 11.9. The summed E-state index contributed by atoms with van der Waals surface area (Å²) in [5, 5.41) is 7.04. The van der Waals surface area contributed by atoms with Gasteiger partial charge in [-0.25, -0.2) is 0 Å². The number of hydrogen-bond acceptors (Lipinski definition) is 2. The Hall–Kier alpha value is -2.16. The summed E-state index contributed by atoms with van der Waals surface area (Å²) in [4.78, 5) is 5.44. The van der Waals surface area contributed by atoms with Crippen molar-refractivity contribution in [3.63, 3.8) is 0 Å². The molecule has 16 heavy (non-hydrogen) atoms. The topological polar surface area (TPSA) is 97.5 Å². The van der Waals surface area contributed by atoms with Gasteiger partial charge in [0, 0.05) is 21.2 Å². The summed E-state index contributed by atoms with van der Waals surface area (Å²) in [6.07, 6.45) is 0. The molecule has 0 saturated carbocycles. The lowest BCUT2D eigenvalue weighted by Crippen LogP contribution is -2.10. The highest BCUT2D eigenvalue weighted by Crippen LogP contribution is 2.31. The number of rotatable bonds is 2. The molecule has 1 aromatic carbocycles. The molecule has 6 heteroatoms. The van der Waals surface area contributed by atoms with E-state index >= 15 is 0 Å². The van der Waals surface area contributed by atoms with E-state index in [-0.39, 0.29) is 5.41 Å². The van der Waals surface area contributed by atoms with E-state index in [0.29, 0.717) is 11.4 Å². The summed E-state index contributed by atoms with van der Waals surface area (Å²) in [7, 11) is 0. The Balaban J connectivity index is 3.40. The largest absolute Gasteiger partial charge is 0.0608 e. The van der Waals surface area contributed by atoms with Gasteiger partial charge in [0.1, 0.15) is 0 Å². The Bertz CT molecular complexity index is 450. The van der Waals surface area contributed by atoms with E-state index < -0.39 is 0 Å². The van der Waals surface area contributed by atoms with Crippen molar-refractivity contribution < 1.29 is 0 Å².